The number of hydrogen-bond acceptors (Lipinski definition) is 7. The fourth-order valence-electron chi connectivity index (χ4n) is 2.42. The van der Waals surface area contributed by atoms with Crippen molar-refractivity contribution >= 4 is 21.7 Å². The molecule has 0 aliphatic rings. The van der Waals surface area contributed by atoms with E-state index in [-0.39, 0.29) is 22.8 Å². The molecule has 2 aromatic heterocycles. The lowest BCUT2D eigenvalue weighted by molar-refractivity contribution is -0.0498. The number of aromatic nitrogens is 3. The summed E-state index contributed by atoms with van der Waals surface area (Å²) < 4.78 is 54.8. The van der Waals surface area contributed by atoms with Crippen LogP contribution in [-0.4, -0.2) is 41.9 Å². The minimum Gasteiger partial charge on any atom is -0.435 e. The third-order valence-electron chi connectivity index (χ3n) is 3.95. The van der Waals surface area contributed by atoms with E-state index in [9.17, 15) is 22.0 Å². The molecular weight excluding hydrogens is 420 g/mol. The van der Waals surface area contributed by atoms with Crippen molar-refractivity contribution in [2.45, 2.75) is 18.1 Å². The van der Waals surface area contributed by atoms with Crippen LogP contribution in [0, 0.1) is 0 Å². The average Bonchev–Trinajstić information content (AvgIpc) is 3.24. The molecular formula is C18H17F2N5O4S. The van der Waals surface area contributed by atoms with Gasteiger partial charge in [-0.05, 0) is 30.3 Å². The Labute approximate surface area is 170 Å². The molecule has 1 aromatic carbocycles. The van der Waals surface area contributed by atoms with Crippen LogP contribution in [0.1, 0.15) is 16.1 Å². The van der Waals surface area contributed by atoms with Crippen LogP contribution >= 0.6 is 0 Å². The SMILES string of the molecule is CNc1cnc(CNC(=O)c2ccn(S(=O)(=O)c3ccc(OC(F)F)cc3)c2)cn1. The zero-order valence-electron chi connectivity index (χ0n) is 15.6. The van der Waals surface area contributed by atoms with Crippen molar-refractivity contribution in [3.05, 3.63) is 66.4 Å². The molecule has 30 heavy (non-hydrogen) atoms. The maximum Gasteiger partial charge on any atom is 0.387 e. The predicted octanol–water partition coefficient (Wildman–Crippen LogP) is 2.09. The molecule has 0 saturated carbocycles. The van der Waals surface area contributed by atoms with E-state index in [1.165, 1.54) is 24.7 Å². The first-order chi connectivity index (χ1) is 14.3. The fraction of sp³-hybridized carbons (Fsp3) is 0.167. The Bertz CT molecular complexity index is 1120. The Kier molecular flexibility index (Phi) is 6.26. The van der Waals surface area contributed by atoms with E-state index < -0.39 is 22.5 Å². The molecule has 3 aromatic rings. The Balaban J connectivity index is 1.68. The molecule has 0 radical (unpaired) electrons. The van der Waals surface area contributed by atoms with Gasteiger partial charge in [-0.1, -0.05) is 0 Å². The molecule has 0 aliphatic heterocycles. The normalized spacial score (nSPS) is 11.3. The largest absolute Gasteiger partial charge is 0.435 e. The van der Waals surface area contributed by atoms with Gasteiger partial charge in [-0.15, -0.1) is 0 Å². The number of amides is 1. The van der Waals surface area contributed by atoms with Crippen molar-refractivity contribution in [2.75, 3.05) is 12.4 Å². The summed E-state index contributed by atoms with van der Waals surface area (Å²) >= 11 is 0. The van der Waals surface area contributed by atoms with Crippen LogP contribution in [0.25, 0.3) is 0 Å². The quantitative estimate of drug-likeness (QED) is 0.554. The van der Waals surface area contributed by atoms with Crippen LogP contribution < -0.4 is 15.4 Å². The summed E-state index contributed by atoms with van der Waals surface area (Å²) in [5.74, 6) is -0.0762. The second-order valence-corrected chi connectivity index (χ2v) is 7.75. The van der Waals surface area contributed by atoms with Gasteiger partial charge in [0.25, 0.3) is 15.9 Å². The first-order valence-electron chi connectivity index (χ1n) is 8.55. The summed E-state index contributed by atoms with van der Waals surface area (Å²) in [6.45, 7) is -2.90. The van der Waals surface area contributed by atoms with Gasteiger partial charge in [0.15, 0.2) is 0 Å². The summed E-state index contributed by atoms with van der Waals surface area (Å²) in [4.78, 5) is 20.4. The van der Waals surface area contributed by atoms with E-state index in [1.807, 2.05) is 0 Å². The molecule has 0 spiro atoms. The van der Waals surface area contributed by atoms with E-state index in [4.69, 9.17) is 0 Å². The van der Waals surface area contributed by atoms with Gasteiger partial charge in [0.1, 0.15) is 11.6 Å². The standard InChI is InChI=1S/C18H17F2N5O4S/c1-21-16-10-22-13(8-23-16)9-24-17(26)12-6-7-25(11-12)30(27,28)15-4-2-14(3-5-15)29-18(19)20/h2-8,10-11,18H,9H2,1H3,(H,21,23)(H,24,26). The number of anilines is 1. The first-order valence-corrected chi connectivity index (χ1v) is 9.99. The Morgan fingerprint density at radius 2 is 1.90 bits per heavy atom. The summed E-state index contributed by atoms with van der Waals surface area (Å²) in [6.07, 6.45) is 5.39. The van der Waals surface area contributed by atoms with E-state index in [1.54, 1.807) is 7.05 Å². The van der Waals surface area contributed by atoms with Gasteiger partial charge in [-0.3, -0.25) is 9.78 Å². The molecule has 0 bridgehead atoms. The van der Waals surface area contributed by atoms with Gasteiger partial charge >= 0.3 is 6.61 Å². The Morgan fingerprint density at radius 1 is 1.17 bits per heavy atom. The molecule has 0 atom stereocenters. The Hall–Kier alpha value is -3.54. The van der Waals surface area contributed by atoms with Crippen LogP contribution in [-0.2, 0) is 16.6 Å². The van der Waals surface area contributed by atoms with Crippen LogP contribution in [0.3, 0.4) is 0 Å². The summed E-state index contributed by atoms with van der Waals surface area (Å²) in [7, 11) is -2.30. The van der Waals surface area contributed by atoms with Gasteiger partial charge in [0.2, 0.25) is 0 Å². The van der Waals surface area contributed by atoms with Gasteiger partial charge in [0, 0.05) is 19.4 Å². The maximum absolute atomic E-state index is 12.7. The second-order valence-electron chi connectivity index (χ2n) is 5.91. The van der Waals surface area contributed by atoms with Crippen LogP contribution in [0.4, 0.5) is 14.6 Å². The molecule has 9 nitrogen and oxygen atoms in total. The highest BCUT2D eigenvalue weighted by atomic mass is 32.2. The third-order valence-corrected chi connectivity index (χ3v) is 5.60. The highest BCUT2D eigenvalue weighted by Gasteiger charge is 2.19. The molecule has 1 amide bonds. The van der Waals surface area contributed by atoms with E-state index in [0.29, 0.717) is 11.5 Å². The van der Waals surface area contributed by atoms with Gasteiger partial charge in [-0.2, -0.15) is 8.78 Å². The zero-order chi connectivity index (χ0) is 21.7. The molecule has 2 heterocycles. The lowest BCUT2D eigenvalue weighted by atomic mass is 10.3. The van der Waals surface area contributed by atoms with Crippen molar-refractivity contribution in [3.63, 3.8) is 0 Å². The van der Waals surface area contributed by atoms with Gasteiger partial charge < -0.3 is 15.4 Å². The molecule has 0 unspecified atom stereocenters. The van der Waals surface area contributed by atoms with E-state index in [0.717, 1.165) is 34.4 Å². The fourth-order valence-corrected chi connectivity index (χ4v) is 3.62. The van der Waals surface area contributed by atoms with E-state index >= 15 is 0 Å². The smallest absolute Gasteiger partial charge is 0.387 e. The predicted molar refractivity (Wildman–Crippen MR) is 103 cm³/mol. The number of halogens is 2. The van der Waals surface area contributed by atoms with Crippen molar-refractivity contribution in [3.8, 4) is 5.75 Å². The zero-order valence-corrected chi connectivity index (χ0v) is 16.4. The number of carbonyl (C=O) groups excluding carboxylic acids is 1. The molecule has 0 aliphatic carbocycles. The lowest BCUT2D eigenvalue weighted by Gasteiger charge is -2.08. The number of rotatable bonds is 8. The monoisotopic (exact) mass is 437 g/mol. The highest BCUT2D eigenvalue weighted by Crippen LogP contribution is 2.20. The number of hydrogen-bond donors (Lipinski definition) is 2. The molecule has 12 heteroatoms. The first kappa shape index (κ1) is 21.2. The van der Waals surface area contributed by atoms with Crippen molar-refractivity contribution in [2.24, 2.45) is 0 Å². The van der Waals surface area contributed by atoms with Crippen molar-refractivity contribution in [1.29, 1.82) is 0 Å². The highest BCUT2D eigenvalue weighted by molar-refractivity contribution is 7.90. The lowest BCUT2D eigenvalue weighted by Crippen LogP contribution is -2.23. The Morgan fingerprint density at radius 3 is 2.50 bits per heavy atom. The summed E-state index contributed by atoms with van der Waals surface area (Å²) in [5.41, 5.74) is 0.650. The van der Waals surface area contributed by atoms with Crippen molar-refractivity contribution < 1.29 is 26.7 Å². The molecule has 2 N–H and O–H groups in total. The second kappa shape index (κ2) is 8.86. The number of ether oxygens (including phenoxy) is 1. The number of alkyl halides is 2. The van der Waals surface area contributed by atoms with Crippen LogP contribution in [0.5, 0.6) is 5.75 Å². The third kappa shape index (κ3) is 4.89. The minimum absolute atomic E-state index is 0.110. The number of carbonyl (C=O) groups is 1. The topological polar surface area (TPSA) is 115 Å². The molecule has 0 saturated heterocycles. The molecule has 0 fully saturated rings. The van der Waals surface area contributed by atoms with E-state index in [2.05, 4.69) is 25.3 Å². The average molecular weight is 437 g/mol. The summed E-state index contributed by atoms with van der Waals surface area (Å²) in [6, 6.07) is 5.87. The molecule has 158 valence electrons. The number of nitrogens with zero attached hydrogens (tertiary/aromatic N) is 3. The van der Waals surface area contributed by atoms with Crippen molar-refractivity contribution in [1.82, 2.24) is 19.3 Å². The maximum atomic E-state index is 12.7. The van der Waals surface area contributed by atoms with Crippen LogP contribution in [0.2, 0.25) is 0 Å². The summed E-state index contributed by atoms with van der Waals surface area (Å²) in [5, 5.41) is 5.45. The number of benzene rings is 1. The van der Waals surface area contributed by atoms with Crippen LogP contribution in [0.15, 0.2) is 60.0 Å². The van der Waals surface area contributed by atoms with Gasteiger partial charge in [-0.25, -0.2) is 17.4 Å². The van der Waals surface area contributed by atoms with Gasteiger partial charge in [0.05, 0.1) is 35.1 Å². The number of nitrogens with one attached hydrogen (secondary N) is 2. The minimum atomic E-state index is -4.01. The molecule has 3 rings (SSSR count).